The Hall–Kier alpha value is -0.120. The highest BCUT2D eigenvalue weighted by Gasteiger charge is 2.02. The summed E-state index contributed by atoms with van der Waals surface area (Å²) in [7, 11) is 0. The van der Waals surface area contributed by atoms with Crippen molar-refractivity contribution in [2.45, 2.75) is 547 Å². The van der Waals surface area contributed by atoms with Crippen LogP contribution in [-0.4, -0.2) is 39.6 Å². The van der Waals surface area contributed by atoms with Crippen LogP contribution in [0.4, 0.5) is 0 Å². The van der Waals surface area contributed by atoms with E-state index in [0.29, 0.717) is 43.3 Å². The van der Waals surface area contributed by atoms with E-state index in [4.69, 9.17) is 14.2 Å². The predicted molar refractivity (Wildman–Crippen MR) is 483 cm³/mol. The van der Waals surface area contributed by atoms with Gasteiger partial charge >= 0.3 is 0 Å². The largest absolute Gasteiger partial charge is 0.381 e. The molecule has 0 radical (unpaired) electrons. The highest BCUT2D eigenvalue weighted by atomic mass is 16.5. The third-order valence-corrected chi connectivity index (χ3v) is 8.09. The number of rotatable bonds is 0. The second-order valence-electron chi connectivity index (χ2n) is 36.4. The maximum atomic E-state index is 5.07. The first-order chi connectivity index (χ1) is 43.5. The summed E-state index contributed by atoms with van der Waals surface area (Å²) in [6.07, 6.45) is 43.8. The van der Waals surface area contributed by atoms with E-state index in [1.807, 2.05) is 111 Å². The fourth-order valence-corrected chi connectivity index (χ4v) is 4.60. The summed E-state index contributed by atoms with van der Waals surface area (Å²) in [6, 6.07) is 0. The van der Waals surface area contributed by atoms with Crippen LogP contribution in [0.5, 0.6) is 0 Å². The highest BCUT2D eigenvalue weighted by molar-refractivity contribution is 4.55. The fraction of sp³-hybridized carbons (Fsp3) is 1.00. The third-order valence-electron chi connectivity index (χ3n) is 8.09. The third kappa shape index (κ3) is 635. The van der Waals surface area contributed by atoms with E-state index < -0.39 is 0 Å². The molecule has 0 aromatic rings. The molecule has 3 heteroatoms. The van der Waals surface area contributed by atoms with E-state index in [9.17, 15) is 0 Å². The van der Waals surface area contributed by atoms with Crippen LogP contribution >= 0.6 is 0 Å². The first-order valence-corrected chi connectivity index (χ1v) is 42.2. The normalized spacial score (nSPS) is 14.9. The Morgan fingerprint density at radius 2 is 0.163 bits per heavy atom. The summed E-state index contributed by atoms with van der Waals surface area (Å²) >= 11 is 0. The summed E-state index contributed by atoms with van der Waals surface area (Å²) in [4.78, 5) is 0. The molecule has 0 aromatic heterocycles. The molecule has 0 aromatic carbocycles. The van der Waals surface area contributed by atoms with Crippen molar-refractivity contribution in [1.29, 1.82) is 0 Å². The molecule has 626 valence electrons. The Morgan fingerprint density at radius 1 is 0.112 bits per heavy atom. The van der Waals surface area contributed by atoms with Gasteiger partial charge in [-0.15, -0.1) is 0 Å². The van der Waals surface area contributed by atoms with E-state index in [-0.39, 0.29) is 22.3 Å². The van der Waals surface area contributed by atoms with Gasteiger partial charge in [0.25, 0.3) is 0 Å². The Bertz CT molecular complexity index is 735. The smallest absolute Gasteiger partial charge is 0.0488 e. The van der Waals surface area contributed by atoms with Crippen molar-refractivity contribution in [1.82, 2.24) is 0 Å². The molecular formula is C95H228O3. The van der Waals surface area contributed by atoms with Crippen molar-refractivity contribution in [3.63, 3.8) is 0 Å². The van der Waals surface area contributed by atoms with Gasteiger partial charge < -0.3 is 14.2 Å². The molecule has 98 heavy (non-hydrogen) atoms. The Morgan fingerprint density at radius 3 is 0.194 bits per heavy atom. The molecule has 3 nitrogen and oxygen atoms in total. The number of ether oxygens (including phenoxy) is 3. The van der Waals surface area contributed by atoms with E-state index in [1.165, 1.54) is 193 Å². The molecule has 3 saturated heterocycles. The SMILES string of the molecule is C.C.C.C1CC1.C1CCC1.C1CCCC1.C1CCCCC1.C1CCCCC1.C1CCOC1.C1CCOCC1.C1COC1.CC.CC.CC.CC.CC.CC.CC.CC.CC(C)(C)C.CC(C)(C)C.CC(C)(C)C.CC(C)(C)C.CC(C)(C)C.CC(C)(C)C.CC(C)(C)C.CC(C)(C)C. The van der Waals surface area contributed by atoms with Crippen molar-refractivity contribution in [2.75, 3.05) is 39.6 Å². The van der Waals surface area contributed by atoms with Crippen molar-refractivity contribution in [3.8, 4) is 0 Å². The topological polar surface area (TPSA) is 27.7 Å². The van der Waals surface area contributed by atoms with Gasteiger partial charge in [-0.25, -0.2) is 0 Å². The predicted octanol–water partition coefficient (Wildman–Crippen LogP) is 38.3. The Balaban J connectivity index is -0.0000000394. The zero-order valence-corrected chi connectivity index (χ0v) is 78.7. The average molecular weight is 1420 g/mol. The van der Waals surface area contributed by atoms with E-state index in [2.05, 4.69) is 222 Å². The molecule has 0 atom stereocenters. The summed E-state index contributed by atoms with van der Waals surface area (Å²) in [5, 5.41) is 0. The van der Waals surface area contributed by atoms with Crippen molar-refractivity contribution < 1.29 is 14.2 Å². The Labute approximate surface area is 640 Å². The van der Waals surface area contributed by atoms with Gasteiger partial charge in [0.15, 0.2) is 0 Å². The van der Waals surface area contributed by atoms with Gasteiger partial charge in [0, 0.05) is 39.6 Å². The molecule has 5 aliphatic carbocycles. The van der Waals surface area contributed by atoms with Crippen LogP contribution in [0.1, 0.15) is 547 Å². The van der Waals surface area contributed by atoms with Crippen LogP contribution in [0.25, 0.3) is 0 Å². The first-order valence-electron chi connectivity index (χ1n) is 42.2. The molecule has 0 bridgehead atoms. The lowest BCUT2D eigenvalue weighted by Crippen LogP contribution is -2.09. The molecule has 8 rings (SSSR count). The monoisotopic (exact) mass is 1420 g/mol. The van der Waals surface area contributed by atoms with Gasteiger partial charge in [-0.3, -0.25) is 0 Å². The maximum absolute atomic E-state index is 5.07. The van der Waals surface area contributed by atoms with E-state index in [1.54, 1.807) is 0 Å². The molecule has 8 aliphatic rings. The molecule has 0 N–H and O–H groups in total. The second-order valence-corrected chi connectivity index (χ2v) is 36.4. The zero-order valence-electron chi connectivity index (χ0n) is 78.7. The molecule has 0 unspecified atom stereocenters. The Kier molecular flexibility index (Phi) is 178. The van der Waals surface area contributed by atoms with Crippen LogP contribution < -0.4 is 0 Å². The van der Waals surface area contributed by atoms with Crippen LogP contribution in [0.15, 0.2) is 0 Å². The highest BCUT2D eigenvalue weighted by Crippen LogP contribution is 2.18. The van der Waals surface area contributed by atoms with Gasteiger partial charge in [0.2, 0.25) is 0 Å². The van der Waals surface area contributed by atoms with E-state index >= 15 is 0 Å². The van der Waals surface area contributed by atoms with Gasteiger partial charge in [0.1, 0.15) is 0 Å². The second kappa shape index (κ2) is 118. The van der Waals surface area contributed by atoms with Crippen LogP contribution in [0.3, 0.4) is 0 Å². The summed E-state index contributed by atoms with van der Waals surface area (Å²) in [6.45, 7) is 108. The molecule has 8 fully saturated rings. The minimum Gasteiger partial charge on any atom is -0.381 e. The lowest BCUT2D eigenvalue weighted by atomic mass is 10.0. The lowest BCUT2D eigenvalue weighted by molar-refractivity contribution is 0.0367. The summed E-state index contributed by atoms with van der Waals surface area (Å²) in [5.41, 5.74) is 4.00. The van der Waals surface area contributed by atoms with E-state index in [0.717, 1.165) is 39.6 Å². The van der Waals surface area contributed by atoms with Crippen LogP contribution in [-0.2, 0) is 14.2 Å². The number of hydrogen-bond acceptors (Lipinski definition) is 3. The van der Waals surface area contributed by atoms with Gasteiger partial charge in [-0.05, 0) is 81.8 Å². The van der Waals surface area contributed by atoms with Gasteiger partial charge in [-0.2, -0.15) is 0 Å². The molecule has 3 aliphatic heterocycles. The van der Waals surface area contributed by atoms with Crippen molar-refractivity contribution >= 4 is 0 Å². The quantitative estimate of drug-likeness (QED) is 0.242. The molecule has 0 amide bonds. The van der Waals surface area contributed by atoms with Crippen LogP contribution in [0.2, 0.25) is 0 Å². The standard InChI is InChI=1S/2C6H12.C5H10O.C5H10.8C5H12.C4H8O.C4H8.C3H6O.C3H6.8C2H6.3CH4/c3*1-2-4-6-5-3-1;1-2-4-5-3-1;8*1-5(2,3)4;1-2-4-5-3-1;2*1-2-4-3-1;1-2-3-1;8*1-2;;;/h2*1-6H2;1-5H2;1-5H2;8*1-4H3;1-4H2;1-4H2;1-3H2;1-3H2;8*1-2H3;3*1H4. The fourth-order valence-electron chi connectivity index (χ4n) is 4.60. The van der Waals surface area contributed by atoms with Gasteiger partial charge in [0.05, 0.1) is 0 Å². The first kappa shape index (κ1) is 148. The molecule has 0 spiro atoms. The maximum Gasteiger partial charge on any atom is 0.0488 e. The van der Waals surface area contributed by atoms with Gasteiger partial charge in [-0.1, -0.05) is 509 Å². The van der Waals surface area contributed by atoms with Crippen LogP contribution in [0, 0.1) is 43.3 Å². The molecular weight excluding hydrogens is 1190 g/mol. The van der Waals surface area contributed by atoms with Crippen molar-refractivity contribution in [2.24, 2.45) is 43.3 Å². The molecule has 5 saturated carbocycles. The van der Waals surface area contributed by atoms with Crippen molar-refractivity contribution in [3.05, 3.63) is 0 Å². The average Bonchev–Trinajstić information content (AvgIpc) is 3.91. The molecule has 3 heterocycles. The minimum absolute atomic E-state index is 0. The summed E-state index contributed by atoms with van der Waals surface area (Å²) < 4.78 is 14.7. The lowest BCUT2D eigenvalue weighted by Gasteiger charge is -2.09. The minimum atomic E-state index is 0. The zero-order chi connectivity index (χ0) is 79.6. The summed E-state index contributed by atoms with van der Waals surface area (Å²) in [5.74, 6) is 0. The number of hydrogen-bond donors (Lipinski definition) is 0.